The zero-order chi connectivity index (χ0) is 13.8. The Hall–Kier alpha value is -1.55. The molecule has 0 aromatic heterocycles. The summed E-state index contributed by atoms with van der Waals surface area (Å²) in [5, 5.41) is 0. The molecule has 1 saturated heterocycles. The van der Waals surface area contributed by atoms with E-state index in [9.17, 15) is 4.79 Å². The maximum atomic E-state index is 12.3. The molecule has 0 bridgehead atoms. The van der Waals surface area contributed by atoms with E-state index in [1.54, 1.807) is 7.11 Å². The first-order chi connectivity index (χ1) is 9.11. The smallest absolute Gasteiger partial charge is 0.253 e. The Kier molecular flexibility index (Phi) is 4.43. The normalized spacial score (nSPS) is 18.2. The van der Waals surface area contributed by atoms with Gasteiger partial charge in [0.05, 0.1) is 7.11 Å². The minimum atomic E-state index is 0.103. The monoisotopic (exact) mass is 262 g/mol. The van der Waals surface area contributed by atoms with Gasteiger partial charge in [0, 0.05) is 24.7 Å². The van der Waals surface area contributed by atoms with Crippen molar-refractivity contribution in [2.45, 2.75) is 25.8 Å². The van der Waals surface area contributed by atoms with Crippen molar-refractivity contribution in [2.24, 2.45) is 11.7 Å². The van der Waals surface area contributed by atoms with E-state index in [1.165, 1.54) is 0 Å². The van der Waals surface area contributed by atoms with Crippen molar-refractivity contribution in [2.75, 3.05) is 20.2 Å². The molecular weight excluding hydrogens is 240 g/mol. The molecule has 1 atom stereocenters. The lowest BCUT2D eigenvalue weighted by molar-refractivity contribution is 0.0681. The molecule has 1 amide bonds. The van der Waals surface area contributed by atoms with Crippen LogP contribution in [0.4, 0.5) is 0 Å². The minimum Gasteiger partial charge on any atom is -0.497 e. The highest BCUT2D eigenvalue weighted by molar-refractivity contribution is 5.94. The van der Waals surface area contributed by atoms with Gasteiger partial charge in [0.1, 0.15) is 5.75 Å². The van der Waals surface area contributed by atoms with E-state index in [1.807, 2.05) is 36.1 Å². The number of carbonyl (C=O) groups is 1. The van der Waals surface area contributed by atoms with Crippen molar-refractivity contribution >= 4 is 5.91 Å². The van der Waals surface area contributed by atoms with E-state index in [2.05, 4.69) is 0 Å². The van der Waals surface area contributed by atoms with Gasteiger partial charge >= 0.3 is 0 Å². The number of nitrogens with zero attached hydrogens (tertiary/aromatic N) is 1. The summed E-state index contributed by atoms with van der Waals surface area (Å²) in [7, 11) is 1.62. The SMILES string of the molecule is COc1ccc(C(=O)N2CCC(C(C)N)CC2)cc1. The average Bonchev–Trinajstić information content (AvgIpc) is 2.46. The number of ether oxygens (including phenoxy) is 1. The van der Waals surface area contributed by atoms with E-state index >= 15 is 0 Å². The van der Waals surface area contributed by atoms with E-state index in [0.717, 1.165) is 37.2 Å². The van der Waals surface area contributed by atoms with E-state index in [-0.39, 0.29) is 11.9 Å². The molecule has 0 saturated carbocycles. The van der Waals surface area contributed by atoms with Gasteiger partial charge in [0.15, 0.2) is 0 Å². The number of hydrogen-bond acceptors (Lipinski definition) is 3. The van der Waals surface area contributed by atoms with Gasteiger partial charge in [-0.1, -0.05) is 0 Å². The Morgan fingerprint density at radius 3 is 2.37 bits per heavy atom. The lowest BCUT2D eigenvalue weighted by atomic mass is 9.90. The van der Waals surface area contributed by atoms with Crippen molar-refractivity contribution in [3.63, 3.8) is 0 Å². The molecule has 2 N–H and O–H groups in total. The molecule has 1 aromatic rings. The highest BCUT2D eigenvalue weighted by Gasteiger charge is 2.25. The Morgan fingerprint density at radius 2 is 1.89 bits per heavy atom. The van der Waals surface area contributed by atoms with Crippen molar-refractivity contribution < 1.29 is 9.53 Å². The number of piperidine rings is 1. The minimum absolute atomic E-state index is 0.103. The molecule has 1 aromatic carbocycles. The molecule has 1 aliphatic rings. The first kappa shape index (κ1) is 13.9. The first-order valence-electron chi connectivity index (χ1n) is 6.80. The Balaban J connectivity index is 1.97. The van der Waals surface area contributed by atoms with Gasteiger partial charge in [-0.2, -0.15) is 0 Å². The van der Waals surface area contributed by atoms with Crippen LogP contribution in [0.25, 0.3) is 0 Å². The zero-order valence-electron chi connectivity index (χ0n) is 11.6. The van der Waals surface area contributed by atoms with Gasteiger partial charge in [-0.05, 0) is 49.9 Å². The number of methoxy groups -OCH3 is 1. The Labute approximate surface area is 114 Å². The van der Waals surface area contributed by atoms with Gasteiger partial charge in [0.2, 0.25) is 0 Å². The fraction of sp³-hybridized carbons (Fsp3) is 0.533. The third-order valence-corrected chi connectivity index (χ3v) is 3.91. The summed E-state index contributed by atoms with van der Waals surface area (Å²) in [4.78, 5) is 14.2. The molecule has 104 valence electrons. The summed E-state index contributed by atoms with van der Waals surface area (Å²) < 4.78 is 5.10. The van der Waals surface area contributed by atoms with Crippen LogP contribution in [-0.2, 0) is 0 Å². The largest absolute Gasteiger partial charge is 0.497 e. The predicted molar refractivity (Wildman–Crippen MR) is 75.3 cm³/mol. The number of rotatable bonds is 3. The second kappa shape index (κ2) is 6.06. The molecule has 1 heterocycles. The van der Waals surface area contributed by atoms with Crippen LogP contribution in [0.1, 0.15) is 30.1 Å². The second-order valence-electron chi connectivity index (χ2n) is 5.22. The average molecular weight is 262 g/mol. The van der Waals surface area contributed by atoms with Crippen molar-refractivity contribution in [1.29, 1.82) is 0 Å². The maximum absolute atomic E-state index is 12.3. The van der Waals surface area contributed by atoms with Crippen LogP contribution in [0.3, 0.4) is 0 Å². The summed E-state index contributed by atoms with van der Waals surface area (Å²) in [6.45, 7) is 3.65. The lowest BCUT2D eigenvalue weighted by Crippen LogP contribution is -2.42. The van der Waals surface area contributed by atoms with Gasteiger partial charge in [-0.25, -0.2) is 0 Å². The first-order valence-corrected chi connectivity index (χ1v) is 6.80. The number of amides is 1. The summed E-state index contributed by atoms with van der Waals surface area (Å²) >= 11 is 0. The zero-order valence-corrected chi connectivity index (χ0v) is 11.6. The molecule has 1 fully saturated rings. The van der Waals surface area contributed by atoms with Crippen molar-refractivity contribution in [1.82, 2.24) is 4.90 Å². The molecule has 2 rings (SSSR count). The molecule has 0 spiro atoms. The van der Waals surface area contributed by atoms with Crippen LogP contribution in [0.5, 0.6) is 5.75 Å². The summed E-state index contributed by atoms with van der Waals surface area (Å²) in [6.07, 6.45) is 2.00. The third kappa shape index (κ3) is 3.26. The van der Waals surface area contributed by atoms with Gasteiger partial charge in [-0.3, -0.25) is 4.79 Å². The van der Waals surface area contributed by atoms with Gasteiger partial charge in [0.25, 0.3) is 5.91 Å². The molecule has 4 heteroatoms. The van der Waals surface area contributed by atoms with Gasteiger partial charge < -0.3 is 15.4 Å². The van der Waals surface area contributed by atoms with Crippen LogP contribution < -0.4 is 10.5 Å². The number of benzene rings is 1. The quantitative estimate of drug-likeness (QED) is 0.905. The standard InChI is InChI=1S/C15H22N2O2/c1-11(16)12-7-9-17(10-8-12)15(18)13-3-5-14(19-2)6-4-13/h3-6,11-12H,7-10,16H2,1-2H3. The summed E-state index contributed by atoms with van der Waals surface area (Å²) in [5.41, 5.74) is 6.64. The fourth-order valence-corrected chi connectivity index (χ4v) is 2.54. The molecule has 0 radical (unpaired) electrons. The Morgan fingerprint density at radius 1 is 1.32 bits per heavy atom. The van der Waals surface area contributed by atoms with E-state index in [4.69, 9.17) is 10.5 Å². The maximum Gasteiger partial charge on any atom is 0.253 e. The van der Waals surface area contributed by atoms with Crippen LogP contribution in [0, 0.1) is 5.92 Å². The Bertz CT molecular complexity index is 420. The van der Waals surface area contributed by atoms with Crippen molar-refractivity contribution in [3.8, 4) is 5.75 Å². The molecule has 1 aliphatic heterocycles. The van der Waals surface area contributed by atoms with Crippen LogP contribution in [0.2, 0.25) is 0 Å². The number of carbonyl (C=O) groups excluding carboxylic acids is 1. The summed E-state index contributed by atoms with van der Waals surface area (Å²) in [6, 6.07) is 7.50. The van der Waals surface area contributed by atoms with Crippen LogP contribution in [0.15, 0.2) is 24.3 Å². The molecule has 1 unspecified atom stereocenters. The number of nitrogens with two attached hydrogens (primary N) is 1. The predicted octanol–water partition coefficient (Wildman–Crippen LogP) is 1.89. The fourth-order valence-electron chi connectivity index (χ4n) is 2.54. The van der Waals surface area contributed by atoms with Crippen molar-refractivity contribution in [3.05, 3.63) is 29.8 Å². The van der Waals surface area contributed by atoms with Gasteiger partial charge in [-0.15, -0.1) is 0 Å². The van der Waals surface area contributed by atoms with E-state index in [0.29, 0.717) is 5.92 Å². The number of hydrogen-bond donors (Lipinski definition) is 1. The lowest BCUT2D eigenvalue weighted by Gasteiger charge is -2.33. The summed E-state index contributed by atoms with van der Waals surface area (Å²) in [5.74, 6) is 1.41. The van der Waals surface area contributed by atoms with Crippen LogP contribution in [-0.4, -0.2) is 37.0 Å². The highest BCUT2D eigenvalue weighted by Crippen LogP contribution is 2.21. The molecule has 19 heavy (non-hydrogen) atoms. The topological polar surface area (TPSA) is 55.6 Å². The highest BCUT2D eigenvalue weighted by atomic mass is 16.5. The molecule has 4 nitrogen and oxygen atoms in total. The van der Waals surface area contributed by atoms with Crippen LogP contribution >= 0.6 is 0 Å². The number of likely N-dealkylation sites (tertiary alicyclic amines) is 1. The molecule has 0 aliphatic carbocycles. The van der Waals surface area contributed by atoms with E-state index < -0.39 is 0 Å². The third-order valence-electron chi connectivity index (χ3n) is 3.91. The second-order valence-corrected chi connectivity index (χ2v) is 5.22. The molecular formula is C15H22N2O2.